The van der Waals surface area contributed by atoms with Crippen molar-refractivity contribution in [3.05, 3.63) is 76.5 Å². The average molecular weight is 589 g/mol. The number of aromatic amines is 1. The number of alkyl halides is 3. The number of amides is 1. The number of fused-ring (bicyclic) bond motifs is 1. The molecule has 1 aliphatic heterocycles. The van der Waals surface area contributed by atoms with Gasteiger partial charge in [0.05, 0.1) is 35.8 Å². The van der Waals surface area contributed by atoms with Crippen LogP contribution >= 0.6 is 0 Å². The number of likely N-dealkylation sites (tertiary alicyclic amines) is 1. The van der Waals surface area contributed by atoms with E-state index in [1.54, 1.807) is 24.1 Å². The highest BCUT2D eigenvalue weighted by Crippen LogP contribution is 2.27. The second kappa shape index (κ2) is 12.9. The lowest BCUT2D eigenvalue weighted by Crippen LogP contribution is -2.39. The van der Waals surface area contributed by atoms with Gasteiger partial charge in [0.15, 0.2) is 0 Å². The fraction of sp³-hybridized carbons (Fsp3) is 0.333. The van der Waals surface area contributed by atoms with Crippen molar-refractivity contribution >= 4 is 22.9 Å². The normalized spacial score (nSPS) is 16.1. The molecule has 42 heavy (non-hydrogen) atoms. The number of benzene rings is 2. The number of aliphatic hydroxyl groups excluding tert-OH is 1. The first kappa shape index (κ1) is 30.3. The van der Waals surface area contributed by atoms with Crippen LogP contribution in [0.2, 0.25) is 0 Å². The highest BCUT2D eigenvalue weighted by molar-refractivity contribution is 5.81. The van der Waals surface area contributed by atoms with Crippen molar-refractivity contribution in [3.63, 3.8) is 0 Å². The maximum absolute atomic E-state index is 13.4. The van der Waals surface area contributed by atoms with E-state index in [2.05, 4.69) is 25.0 Å². The number of rotatable bonds is 7. The Morgan fingerprint density at radius 2 is 1.98 bits per heavy atom. The Morgan fingerprint density at radius 3 is 2.62 bits per heavy atom. The van der Waals surface area contributed by atoms with Crippen LogP contribution < -0.4 is 5.56 Å². The van der Waals surface area contributed by atoms with Crippen LogP contribution in [0.1, 0.15) is 23.6 Å². The van der Waals surface area contributed by atoms with Gasteiger partial charge < -0.3 is 24.6 Å². The van der Waals surface area contributed by atoms with Crippen molar-refractivity contribution in [2.45, 2.75) is 31.2 Å². The zero-order valence-corrected chi connectivity index (χ0v) is 22.3. The maximum atomic E-state index is 13.4. The van der Waals surface area contributed by atoms with Crippen molar-refractivity contribution < 1.29 is 37.5 Å². The molecule has 0 spiro atoms. The minimum absolute atomic E-state index is 0.0645. The van der Waals surface area contributed by atoms with Gasteiger partial charge in [0, 0.05) is 32.2 Å². The summed E-state index contributed by atoms with van der Waals surface area (Å²) in [5.74, 6) is -2.34. The molecule has 1 unspecified atom stereocenters. The molecule has 0 bridgehead atoms. The molecule has 12 nitrogen and oxygen atoms in total. The lowest BCUT2D eigenvalue weighted by atomic mass is 10.0. The minimum Gasteiger partial charge on any atom is -0.475 e. The monoisotopic (exact) mass is 588 g/mol. The van der Waals surface area contributed by atoms with Gasteiger partial charge in [-0.05, 0) is 35.7 Å². The second-order valence-corrected chi connectivity index (χ2v) is 9.68. The molecule has 2 aromatic carbocycles. The number of carbonyl (C=O) groups excluding carboxylic acids is 1. The van der Waals surface area contributed by atoms with Gasteiger partial charge in [-0.2, -0.15) is 18.2 Å². The molecule has 1 aliphatic rings. The molecule has 2 aromatic heterocycles. The van der Waals surface area contributed by atoms with Crippen LogP contribution in [0.25, 0.3) is 22.4 Å². The molecule has 0 aliphatic carbocycles. The Labute approximate surface area is 236 Å². The Hall–Kier alpha value is -4.63. The fourth-order valence-corrected chi connectivity index (χ4v) is 4.53. The molecule has 2 atom stereocenters. The van der Waals surface area contributed by atoms with Gasteiger partial charge in [0.1, 0.15) is 0 Å². The van der Waals surface area contributed by atoms with Crippen molar-refractivity contribution in [1.29, 1.82) is 0 Å². The number of carboxylic acid groups (broad SMARTS) is 1. The maximum Gasteiger partial charge on any atom is 0.490 e. The van der Waals surface area contributed by atoms with E-state index in [0.717, 1.165) is 29.7 Å². The topological polar surface area (TPSA) is 166 Å². The summed E-state index contributed by atoms with van der Waals surface area (Å²) < 4.78 is 36.6. The molecular weight excluding hydrogens is 561 g/mol. The molecule has 5 rings (SSSR count). The Kier molecular flexibility index (Phi) is 9.32. The third-order valence-electron chi connectivity index (χ3n) is 6.67. The number of halogens is 3. The van der Waals surface area contributed by atoms with E-state index in [1.165, 1.54) is 12.6 Å². The summed E-state index contributed by atoms with van der Waals surface area (Å²) in [6.45, 7) is 1.94. The van der Waals surface area contributed by atoms with Crippen LogP contribution in [-0.2, 0) is 16.0 Å². The lowest BCUT2D eigenvalue weighted by Gasteiger charge is -2.32. The third-order valence-corrected chi connectivity index (χ3v) is 6.67. The van der Waals surface area contributed by atoms with Crippen LogP contribution in [0.3, 0.4) is 0 Å². The van der Waals surface area contributed by atoms with Gasteiger partial charge in [0.2, 0.25) is 18.1 Å². The van der Waals surface area contributed by atoms with Gasteiger partial charge in [0.25, 0.3) is 5.56 Å². The summed E-state index contributed by atoms with van der Waals surface area (Å²) in [6, 6.07) is 13.0. The SMILES string of the molecule is CN(C(=O)Cc1ccc2ncc(=O)[nH]c2c1)[C@H](CN1CCC(O)C1)c1cccc(-c2ncon2)c1.O=C(O)C(F)(F)F. The summed E-state index contributed by atoms with van der Waals surface area (Å²) >= 11 is 0. The molecule has 4 aromatic rings. The fourth-order valence-electron chi connectivity index (χ4n) is 4.53. The van der Waals surface area contributed by atoms with Crippen LogP contribution in [0.15, 0.2) is 64.4 Å². The Morgan fingerprint density at radius 1 is 1.21 bits per heavy atom. The summed E-state index contributed by atoms with van der Waals surface area (Å²) in [6.07, 6.45) is -2.02. The standard InChI is InChI=1S/C25H26N6O4.C2HF3O2/c1-30(24(34)10-16-5-6-20-21(9-16)28-23(33)12-26-20)22(14-31-8-7-19(32)13-31)17-3-2-4-18(11-17)25-27-15-35-29-25;3-2(4,5)1(6)7/h2-6,9,11-12,15,19,22,32H,7-8,10,13-14H2,1H3,(H,28,33);(H,6,7)/t19?,22-;/m1./s1. The first-order chi connectivity index (χ1) is 19.9. The van der Waals surface area contributed by atoms with E-state index in [9.17, 15) is 27.9 Å². The van der Waals surface area contributed by atoms with Crippen LogP contribution in [0.5, 0.6) is 0 Å². The van der Waals surface area contributed by atoms with Crippen LogP contribution in [0, 0.1) is 0 Å². The highest BCUT2D eigenvalue weighted by Gasteiger charge is 2.38. The quantitative estimate of drug-likeness (QED) is 0.292. The average Bonchev–Trinajstić information content (AvgIpc) is 3.63. The molecule has 1 saturated heterocycles. The lowest BCUT2D eigenvalue weighted by molar-refractivity contribution is -0.192. The predicted octanol–water partition coefficient (Wildman–Crippen LogP) is 2.42. The number of carboxylic acids is 1. The van der Waals surface area contributed by atoms with Crippen LogP contribution in [0.4, 0.5) is 13.2 Å². The molecular formula is C27H27F3N6O6. The number of H-pyrrole nitrogens is 1. The van der Waals surface area contributed by atoms with Gasteiger partial charge in [-0.25, -0.2) is 9.78 Å². The second-order valence-electron chi connectivity index (χ2n) is 9.68. The van der Waals surface area contributed by atoms with Gasteiger partial charge in [-0.3, -0.25) is 14.5 Å². The number of nitrogens with one attached hydrogen (secondary N) is 1. The molecule has 222 valence electrons. The molecule has 1 fully saturated rings. The number of aromatic nitrogens is 4. The molecule has 3 N–H and O–H groups in total. The number of aliphatic hydroxyl groups is 1. The molecule has 3 heterocycles. The number of nitrogens with zero attached hydrogens (tertiary/aromatic N) is 5. The molecule has 0 radical (unpaired) electrons. The zero-order valence-electron chi connectivity index (χ0n) is 22.3. The number of likely N-dealkylation sites (N-methyl/N-ethyl adjacent to an activating group) is 1. The first-order valence-electron chi connectivity index (χ1n) is 12.7. The number of aliphatic carboxylic acids is 1. The van der Waals surface area contributed by atoms with E-state index in [1.807, 2.05) is 30.3 Å². The summed E-state index contributed by atoms with van der Waals surface area (Å²) in [5, 5.41) is 21.1. The number of β-amino-alcohol motifs (C(OH)–C–C–N with tert-alkyl or cyclic N) is 1. The number of hydrogen-bond acceptors (Lipinski definition) is 9. The van der Waals surface area contributed by atoms with Gasteiger partial charge in [-0.15, -0.1) is 0 Å². The Balaban J connectivity index is 0.000000517. The molecule has 1 amide bonds. The number of carbonyl (C=O) groups is 2. The third kappa shape index (κ3) is 7.76. The highest BCUT2D eigenvalue weighted by atomic mass is 19.4. The van der Waals surface area contributed by atoms with E-state index in [4.69, 9.17) is 14.4 Å². The largest absolute Gasteiger partial charge is 0.490 e. The molecule has 15 heteroatoms. The van der Waals surface area contributed by atoms with Crippen molar-refractivity contribution in [2.24, 2.45) is 0 Å². The van der Waals surface area contributed by atoms with Crippen LogP contribution in [-0.4, -0.2) is 91.0 Å². The first-order valence-corrected chi connectivity index (χ1v) is 12.7. The summed E-state index contributed by atoms with van der Waals surface area (Å²) in [4.78, 5) is 48.9. The van der Waals surface area contributed by atoms with E-state index in [-0.39, 0.29) is 30.0 Å². The predicted molar refractivity (Wildman–Crippen MR) is 142 cm³/mol. The van der Waals surface area contributed by atoms with Crippen molar-refractivity contribution in [1.82, 2.24) is 29.9 Å². The van der Waals surface area contributed by atoms with Gasteiger partial charge in [-0.1, -0.05) is 29.4 Å². The van der Waals surface area contributed by atoms with Crippen molar-refractivity contribution in [2.75, 3.05) is 26.7 Å². The molecule has 0 saturated carbocycles. The Bertz CT molecular complexity index is 1590. The smallest absolute Gasteiger partial charge is 0.475 e. The van der Waals surface area contributed by atoms with E-state index < -0.39 is 12.1 Å². The number of hydrogen-bond donors (Lipinski definition) is 3. The summed E-state index contributed by atoms with van der Waals surface area (Å²) in [7, 11) is 1.80. The minimum atomic E-state index is -5.08. The van der Waals surface area contributed by atoms with Gasteiger partial charge >= 0.3 is 12.1 Å². The summed E-state index contributed by atoms with van der Waals surface area (Å²) in [5.41, 5.74) is 3.51. The van der Waals surface area contributed by atoms with E-state index in [0.29, 0.717) is 29.9 Å². The zero-order chi connectivity index (χ0) is 30.4. The van der Waals surface area contributed by atoms with Crippen molar-refractivity contribution in [3.8, 4) is 11.4 Å². The van der Waals surface area contributed by atoms with E-state index >= 15 is 0 Å².